The molecule has 3 rings (SSSR count). The first-order chi connectivity index (χ1) is 11.3. The molecule has 1 amide bonds. The quantitative estimate of drug-likeness (QED) is 0.848. The molecule has 1 aromatic heterocycles. The van der Waals surface area contributed by atoms with Crippen molar-refractivity contribution >= 4 is 5.91 Å². The van der Waals surface area contributed by atoms with E-state index in [0.29, 0.717) is 30.6 Å². The Labute approximate surface area is 136 Å². The van der Waals surface area contributed by atoms with E-state index in [1.54, 1.807) is 0 Å². The number of piperidine rings is 1. The zero-order valence-electron chi connectivity index (χ0n) is 13.6. The summed E-state index contributed by atoms with van der Waals surface area (Å²) in [6, 6.07) is 10.1. The fourth-order valence-electron chi connectivity index (χ4n) is 3.17. The van der Waals surface area contributed by atoms with Gasteiger partial charge >= 0.3 is 0 Å². The highest BCUT2D eigenvalue weighted by molar-refractivity contribution is 5.76. The Morgan fingerprint density at radius 2 is 2.13 bits per heavy atom. The molecule has 0 saturated carbocycles. The number of carbonyl (C=O) groups excluding carboxylic acids is 1. The monoisotopic (exact) mass is 313 g/mol. The Bertz CT molecular complexity index is 639. The van der Waals surface area contributed by atoms with E-state index < -0.39 is 0 Å². The number of aryl methyl sites for hydroxylation is 1. The predicted octanol–water partition coefficient (Wildman–Crippen LogP) is 3.46. The number of rotatable bonds is 5. The lowest BCUT2D eigenvalue weighted by Gasteiger charge is -2.35. The van der Waals surface area contributed by atoms with Gasteiger partial charge in [-0.1, -0.05) is 42.4 Å². The molecule has 1 saturated heterocycles. The second-order valence-corrected chi connectivity index (χ2v) is 6.02. The van der Waals surface area contributed by atoms with Gasteiger partial charge in [0.2, 0.25) is 17.6 Å². The van der Waals surface area contributed by atoms with Crippen LogP contribution in [0.1, 0.15) is 44.9 Å². The standard InChI is InChI=1S/C18H23N3O2/c1-2-15-10-6-7-13-21(15)17(22)12-11-16-19-18(20-23-16)14-8-4-3-5-9-14/h3-5,8-9,15H,2,6-7,10-13H2,1H3/t15-/m0/s1. The lowest BCUT2D eigenvalue weighted by atomic mass is 9.99. The highest BCUT2D eigenvalue weighted by Gasteiger charge is 2.25. The first-order valence-electron chi connectivity index (χ1n) is 8.45. The minimum atomic E-state index is 0.205. The number of amides is 1. The van der Waals surface area contributed by atoms with E-state index >= 15 is 0 Å². The van der Waals surface area contributed by atoms with E-state index in [2.05, 4.69) is 17.1 Å². The third-order valence-corrected chi connectivity index (χ3v) is 4.47. The maximum atomic E-state index is 12.5. The SMILES string of the molecule is CC[C@H]1CCCCN1C(=O)CCc1nc(-c2ccccc2)no1. The number of hydrogen-bond donors (Lipinski definition) is 0. The van der Waals surface area contributed by atoms with Crippen LogP contribution in [0.3, 0.4) is 0 Å². The average Bonchev–Trinajstić information content (AvgIpc) is 3.09. The van der Waals surface area contributed by atoms with Gasteiger partial charge in [0.05, 0.1) is 0 Å². The molecule has 1 aliphatic heterocycles. The largest absolute Gasteiger partial charge is 0.340 e. The molecule has 1 aliphatic rings. The van der Waals surface area contributed by atoms with E-state index in [4.69, 9.17) is 4.52 Å². The smallest absolute Gasteiger partial charge is 0.227 e. The zero-order valence-corrected chi connectivity index (χ0v) is 13.6. The molecule has 23 heavy (non-hydrogen) atoms. The average molecular weight is 313 g/mol. The maximum absolute atomic E-state index is 12.5. The Morgan fingerprint density at radius 1 is 1.30 bits per heavy atom. The van der Waals surface area contributed by atoms with Crippen LogP contribution < -0.4 is 0 Å². The van der Waals surface area contributed by atoms with Crippen molar-refractivity contribution in [2.75, 3.05) is 6.54 Å². The number of carbonyl (C=O) groups is 1. The molecule has 0 aliphatic carbocycles. The summed E-state index contributed by atoms with van der Waals surface area (Å²) in [4.78, 5) is 18.9. The Morgan fingerprint density at radius 3 is 2.91 bits per heavy atom. The molecule has 2 aromatic rings. The number of aromatic nitrogens is 2. The second-order valence-electron chi connectivity index (χ2n) is 6.02. The summed E-state index contributed by atoms with van der Waals surface area (Å²) in [6.45, 7) is 3.04. The summed E-state index contributed by atoms with van der Waals surface area (Å²) in [7, 11) is 0. The number of hydrogen-bond acceptors (Lipinski definition) is 4. The topological polar surface area (TPSA) is 59.2 Å². The van der Waals surface area contributed by atoms with Gasteiger partial charge in [-0.25, -0.2) is 0 Å². The van der Waals surface area contributed by atoms with Gasteiger partial charge in [0.15, 0.2) is 0 Å². The van der Waals surface area contributed by atoms with E-state index in [-0.39, 0.29) is 5.91 Å². The van der Waals surface area contributed by atoms with Gasteiger partial charge in [-0.2, -0.15) is 4.98 Å². The summed E-state index contributed by atoms with van der Waals surface area (Å²) >= 11 is 0. The van der Waals surface area contributed by atoms with E-state index in [0.717, 1.165) is 31.4 Å². The lowest BCUT2D eigenvalue weighted by Crippen LogP contribution is -2.43. The highest BCUT2D eigenvalue weighted by atomic mass is 16.5. The van der Waals surface area contributed by atoms with Crippen LogP contribution in [0, 0.1) is 0 Å². The van der Waals surface area contributed by atoms with E-state index in [1.165, 1.54) is 6.42 Å². The van der Waals surface area contributed by atoms with Crippen molar-refractivity contribution in [3.8, 4) is 11.4 Å². The Balaban J connectivity index is 1.58. The molecule has 1 atom stereocenters. The van der Waals surface area contributed by atoms with Crippen molar-refractivity contribution in [1.82, 2.24) is 15.0 Å². The summed E-state index contributed by atoms with van der Waals surface area (Å²) in [5.41, 5.74) is 0.927. The molecule has 1 aromatic carbocycles. The van der Waals surface area contributed by atoms with Crippen molar-refractivity contribution in [3.05, 3.63) is 36.2 Å². The maximum Gasteiger partial charge on any atom is 0.227 e. The fourth-order valence-corrected chi connectivity index (χ4v) is 3.17. The van der Waals surface area contributed by atoms with Crippen molar-refractivity contribution in [2.24, 2.45) is 0 Å². The van der Waals surface area contributed by atoms with Gasteiger partial charge in [0, 0.05) is 31.0 Å². The number of nitrogens with zero attached hydrogens (tertiary/aromatic N) is 3. The van der Waals surface area contributed by atoms with Crippen LogP contribution in [-0.4, -0.2) is 33.5 Å². The predicted molar refractivity (Wildman–Crippen MR) is 87.7 cm³/mol. The van der Waals surface area contributed by atoms with Crippen LogP contribution in [-0.2, 0) is 11.2 Å². The highest BCUT2D eigenvalue weighted by Crippen LogP contribution is 2.21. The summed E-state index contributed by atoms with van der Waals surface area (Å²) in [6.07, 6.45) is 5.44. The molecule has 5 nitrogen and oxygen atoms in total. The lowest BCUT2D eigenvalue weighted by molar-refractivity contribution is -0.135. The molecule has 0 unspecified atom stereocenters. The first-order valence-corrected chi connectivity index (χ1v) is 8.45. The minimum Gasteiger partial charge on any atom is -0.340 e. The summed E-state index contributed by atoms with van der Waals surface area (Å²) < 4.78 is 5.28. The first kappa shape index (κ1) is 15.7. The van der Waals surface area contributed by atoms with Gasteiger partial charge < -0.3 is 9.42 Å². The number of likely N-dealkylation sites (tertiary alicyclic amines) is 1. The molecule has 0 N–H and O–H groups in total. The van der Waals surface area contributed by atoms with E-state index in [1.807, 2.05) is 35.2 Å². The molecule has 1 fully saturated rings. The van der Waals surface area contributed by atoms with Gasteiger partial charge in [-0.15, -0.1) is 0 Å². The van der Waals surface area contributed by atoms with E-state index in [9.17, 15) is 4.79 Å². The fraction of sp³-hybridized carbons (Fsp3) is 0.500. The molecule has 2 heterocycles. The van der Waals surface area contributed by atoms with Crippen LogP contribution in [0.25, 0.3) is 11.4 Å². The van der Waals surface area contributed by atoms with Gasteiger partial charge in [-0.3, -0.25) is 4.79 Å². The zero-order chi connectivity index (χ0) is 16.1. The van der Waals surface area contributed by atoms with Crippen LogP contribution >= 0.6 is 0 Å². The van der Waals surface area contributed by atoms with Crippen molar-refractivity contribution < 1.29 is 9.32 Å². The third kappa shape index (κ3) is 3.78. The summed E-state index contributed by atoms with van der Waals surface area (Å²) in [5, 5.41) is 4.00. The van der Waals surface area contributed by atoms with Crippen LogP contribution in [0.2, 0.25) is 0 Å². The van der Waals surface area contributed by atoms with Gasteiger partial charge in [-0.05, 0) is 25.7 Å². The van der Waals surface area contributed by atoms with Crippen molar-refractivity contribution in [2.45, 2.75) is 51.5 Å². The molecule has 122 valence electrons. The second kappa shape index (κ2) is 7.40. The Hall–Kier alpha value is -2.17. The number of benzene rings is 1. The molecule has 0 radical (unpaired) electrons. The van der Waals surface area contributed by atoms with Crippen molar-refractivity contribution in [3.63, 3.8) is 0 Å². The van der Waals surface area contributed by atoms with Crippen molar-refractivity contribution in [1.29, 1.82) is 0 Å². The van der Waals surface area contributed by atoms with Crippen LogP contribution in [0.4, 0.5) is 0 Å². The molecular formula is C18H23N3O2. The van der Waals surface area contributed by atoms with Crippen LogP contribution in [0.15, 0.2) is 34.9 Å². The minimum absolute atomic E-state index is 0.205. The molecule has 0 spiro atoms. The third-order valence-electron chi connectivity index (χ3n) is 4.47. The normalized spacial score (nSPS) is 18.1. The molecular weight excluding hydrogens is 290 g/mol. The summed E-state index contributed by atoms with van der Waals surface area (Å²) in [5.74, 6) is 1.32. The van der Waals surface area contributed by atoms with Gasteiger partial charge in [0.25, 0.3) is 0 Å². The molecule has 5 heteroatoms. The Kier molecular flexibility index (Phi) is 5.05. The van der Waals surface area contributed by atoms with Crippen LogP contribution in [0.5, 0.6) is 0 Å². The van der Waals surface area contributed by atoms with Gasteiger partial charge in [0.1, 0.15) is 0 Å². The molecule has 0 bridgehead atoms.